The lowest BCUT2D eigenvalue weighted by atomic mass is 9.61. The van der Waals surface area contributed by atoms with Crippen LogP contribution in [-0.2, 0) is 4.74 Å². The molecule has 0 spiro atoms. The van der Waals surface area contributed by atoms with Gasteiger partial charge >= 0.3 is 0 Å². The van der Waals surface area contributed by atoms with E-state index in [4.69, 9.17) is 4.74 Å². The van der Waals surface area contributed by atoms with Gasteiger partial charge in [0.2, 0.25) is 0 Å². The van der Waals surface area contributed by atoms with E-state index in [2.05, 4.69) is 37.5 Å². The predicted molar refractivity (Wildman–Crippen MR) is 131 cm³/mol. The number of aliphatic hydroxyl groups excluding tert-OH is 2. The first-order valence-corrected chi connectivity index (χ1v) is 13.2. The quantitative estimate of drug-likeness (QED) is 0.475. The van der Waals surface area contributed by atoms with Gasteiger partial charge in [0.15, 0.2) is 0 Å². The molecule has 4 aliphatic rings. The predicted octanol–water partition coefficient (Wildman–Crippen LogP) is 5.12. The van der Waals surface area contributed by atoms with Crippen LogP contribution in [0.1, 0.15) is 65.2 Å². The third kappa shape index (κ3) is 5.66. The number of hydrogen-bond acceptors (Lipinski definition) is 4. The van der Waals surface area contributed by atoms with E-state index >= 15 is 0 Å². The maximum atomic E-state index is 12.3. The monoisotopic (exact) mass is 479 g/mol. The van der Waals surface area contributed by atoms with Crippen LogP contribution in [0.2, 0.25) is 0 Å². The standard InChI is InChI=1S/C28H43F2NO3/c1-18(10-12-31-15-22(16-31)34-17-27(29)30)23-8-9-24-21(5-4-11-28(23,24)3)7-6-20-13-25(32)19(2)26(33)14-20/h6-7,18,22-27,32-33H,2,4-5,8-17H2,1,3H3/t18?,23-,24+,25-,26-,28-/m1/s1. The largest absolute Gasteiger partial charge is 0.388 e. The second-order valence-corrected chi connectivity index (χ2v) is 11.5. The van der Waals surface area contributed by atoms with Gasteiger partial charge in [-0.05, 0) is 86.7 Å². The Bertz CT molecular complexity index is 775. The zero-order valence-electron chi connectivity index (χ0n) is 20.9. The Morgan fingerprint density at radius 3 is 2.56 bits per heavy atom. The Morgan fingerprint density at radius 2 is 1.88 bits per heavy atom. The lowest BCUT2D eigenvalue weighted by molar-refractivity contribution is -0.0895. The van der Waals surface area contributed by atoms with Gasteiger partial charge in [-0.15, -0.1) is 0 Å². The molecule has 4 fully saturated rings. The third-order valence-electron chi connectivity index (χ3n) is 9.31. The van der Waals surface area contributed by atoms with Gasteiger partial charge < -0.3 is 14.9 Å². The molecule has 4 rings (SSSR count). The average Bonchev–Trinajstić information content (AvgIpc) is 3.11. The van der Waals surface area contributed by atoms with Crippen LogP contribution >= 0.6 is 0 Å². The molecule has 0 bridgehead atoms. The highest BCUT2D eigenvalue weighted by molar-refractivity contribution is 5.29. The average molecular weight is 480 g/mol. The van der Waals surface area contributed by atoms with Crippen molar-refractivity contribution in [3.8, 4) is 0 Å². The number of fused-ring (bicyclic) bond motifs is 1. The van der Waals surface area contributed by atoms with Gasteiger partial charge in [-0.1, -0.05) is 43.7 Å². The van der Waals surface area contributed by atoms with Crippen molar-refractivity contribution in [2.45, 2.75) is 90.0 Å². The van der Waals surface area contributed by atoms with Crippen LogP contribution in [0, 0.1) is 23.2 Å². The number of nitrogens with zero attached hydrogens (tertiary/aromatic N) is 1. The Morgan fingerprint density at radius 1 is 1.18 bits per heavy atom. The first-order valence-electron chi connectivity index (χ1n) is 13.2. The first kappa shape index (κ1) is 26.0. The van der Waals surface area contributed by atoms with Crippen LogP contribution in [0.5, 0.6) is 0 Å². The molecule has 1 heterocycles. The molecule has 1 saturated heterocycles. The van der Waals surface area contributed by atoms with Crippen molar-refractivity contribution in [2.24, 2.45) is 23.2 Å². The smallest absolute Gasteiger partial charge is 0.261 e. The van der Waals surface area contributed by atoms with Crippen LogP contribution in [0.4, 0.5) is 8.78 Å². The number of hydrogen-bond donors (Lipinski definition) is 2. The molecule has 0 radical (unpaired) electrons. The summed E-state index contributed by atoms with van der Waals surface area (Å²) < 4.78 is 29.8. The Balaban J connectivity index is 1.31. The van der Waals surface area contributed by atoms with E-state index in [0.717, 1.165) is 38.0 Å². The lowest BCUT2D eigenvalue weighted by Gasteiger charge is -2.45. The summed E-state index contributed by atoms with van der Waals surface area (Å²) in [5, 5.41) is 20.3. The highest BCUT2D eigenvalue weighted by atomic mass is 19.3. The van der Waals surface area contributed by atoms with Crippen LogP contribution in [0.3, 0.4) is 0 Å². The Kier molecular flexibility index (Phi) is 8.33. The summed E-state index contributed by atoms with van der Waals surface area (Å²) >= 11 is 0. The van der Waals surface area contributed by atoms with E-state index in [9.17, 15) is 19.0 Å². The highest BCUT2D eigenvalue weighted by Crippen LogP contribution is 2.59. The van der Waals surface area contributed by atoms with Crippen LogP contribution < -0.4 is 0 Å². The number of ether oxygens (including phenoxy) is 1. The molecule has 192 valence electrons. The fourth-order valence-corrected chi connectivity index (χ4v) is 7.25. The summed E-state index contributed by atoms with van der Waals surface area (Å²) in [6.45, 7) is 10.9. The van der Waals surface area contributed by atoms with Crippen molar-refractivity contribution in [2.75, 3.05) is 26.2 Å². The summed E-state index contributed by atoms with van der Waals surface area (Å²) in [6, 6.07) is 0. The van der Waals surface area contributed by atoms with Crippen molar-refractivity contribution < 1.29 is 23.7 Å². The van der Waals surface area contributed by atoms with Gasteiger partial charge in [-0.25, -0.2) is 8.78 Å². The molecule has 1 aliphatic heterocycles. The van der Waals surface area contributed by atoms with Crippen molar-refractivity contribution in [1.29, 1.82) is 0 Å². The van der Waals surface area contributed by atoms with Crippen LogP contribution in [-0.4, -0.2) is 66.1 Å². The van der Waals surface area contributed by atoms with E-state index in [1.807, 2.05) is 0 Å². The SMILES string of the molecule is C=C1[C@H](O)CC(=CC=C2CCC[C@]3(C)[C@@H](C(C)CCN4CC(OCC(F)F)C4)CC[C@@H]23)C[C@H]1O. The molecule has 6 heteroatoms. The summed E-state index contributed by atoms with van der Waals surface area (Å²) in [4.78, 5) is 2.33. The minimum absolute atomic E-state index is 0.0256. The third-order valence-corrected chi connectivity index (χ3v) is 9.31. The normalized spacial score (nSPS) is 37.2. The van der Waals surface area contributed by atoms with Gasteiger partial charge in [-0.3, -0.25) is 4.90 Å². The maximum Gasteiger partial charge on any atom is 0.261 e. The molecule has 4 nitrogen and oxygen atoms in total. The number of allylic oxidation sites excluding steroid dienone is 3. The molecule has 0 aromatic heterocycles. The minimum atomic E-state index is -2.38. The summed E-state index contributed by atoms with van der Waals surface area (Å²) in [5.74, 6) is 1.97. The Hall–Kier alpha value is -1.08. The molecule has 6 atom stereocenters. The number of likely N-dealkylation sites (tertiary alicyclic amines) is 1. The molecule has 34 heavy (non-hydrogen) atoms. The molecule has 2 N–H and O–H groups in total. The second-order valence-electron chi connectivity index (χ2n) is 11.5. The van der Waals surface area contributed by atoms with E-state index in [1.165, 1.54) is 25.7 Å². The second kappa shape index (κ2) is 10.9. The summed E-state index contributed by atoms with van der Waals surface area (Å²) in [5.41, 5.74) is 3.53. The zero-order valence-corrected chi connectivity index (χ0v) is 20.9. The zero-order chi connectivity index (χ0) is 24.5. The summed E-state index contributed by atoms with van der Waals surface area (Å²) in [7, 11) is 0. The number of rotatable bonds is 8. The Labute approximate surface area is 203 Å². The number of aliphatic hydroxyl groups is 2. The summed E-state index contributed by atoms with van der Waals surface area (Å²) in [6.07, 6.45) is 9.26. The van der Waals surface area contributed by atoms with E-state index in [-0.39, 0.29) is 6.10 Å². The van der Waals surface area contributed by atoms with Gasteiger partial charge in [0.1, 0.15) is 6.61 Å². The highest BCUT2D eigenvalue weighted by Gasteiger charge is 2.50. The topological polar surface area (TPSA) is 52.9 Å². The molecular formula is C28H43F2NO3. The molecule has 1 unspecified atom stereocenters. The molecule has 0 aromatic rings. The van der Waals surface area contributed by atoms with Gasteiger partial charge in [0.25, 0.3) is 6.43 Å². The van der Waals surface area contributed by atoms with Crippen LogP contribution in [0.15, 0.2) is 35.5 Å². The number of halogens is 2. The van der Waals surface area contributed by atoms with Gasteiger partial charge in [-0.2, -0.15) is 0 Å². The van der Waals surface area contributed by atoms with Crippen molar-refractivity contribution in [3.05, 3.63) is 35.5 Å². The van der Waals surface area contributed by atoms with Gasteiger partial charge in [0, 0.05) is 13.1 Å². The molecule has 0 amide bonds. The number of alkyl halides is 2. The molecule has 3 saturated carbocycles. The van der Waals surface area contributed by atoms with Crippen molar-refractivity contribution >= 4 is 0 Å². The van der Waals surface area contributed by atoms with E-state index in [0.29, 0.717) is 41.6 Å². The first-order chi connectivity index (χ1) is 16.2. The molecule has 0 aromatic carbocycles. The molecular weight excluding hydrogens is 436 g/mol. The molecule has 3 aliphatic carbocycles. The van der Waals surface area contributed by atoms with Gasteiger partial charge in [0.05, 0.1) is 18.3 Å². The fourth-order valence-electron chi connectivity index (χ4n) is 7.25. The van der Waals surface area contributed by atoms with E-state index < -0.39 is 25.2 Å². The maximum absolute atomic E-state index is 12.3. The fraction of sp³-hybridized carbons (Fsp3) is 0.786. The lowest BCUT2D eigenvalue weighted by Crippen LogP contribution is -2.53. The van der Waals surface area contributed by atoms with Crippen LogP contribution in [0.25, 0.3) is 0 Å². The minimum Gasteiger partial charge on any atom is -0.388 e. The van der Waals surface area contributed by atoms with Crippen molar-refractivity contribution in [3.63, 3.8) is 0 Å². The van der Waals surface area contributed by atoms with E-state index in [1.54, 1.807) is 5.57 Å². The van der Waals surface area contributed by atoms with Crippen molar-refractivity contribution in [1.82, 2.24) is 4.90 Å².